The van der Waals surface area contributed by atoms with Crippen molar-refractivity contribution in [2.24, 2.45) is 0 Å². The third-order valence-electron chi connectivity index (χ3n) is 4.97. The molecular weight excluding hydrogens is 499 g/mol. The Kier molecular flexibility index (Phi) is 6.67. The van der Waals surface area contributed by atoms with Crippen molar-refractivity contribution in [3.05, 3.63) is 111 Å². The highest BCUT2D eigenvalue weighted by atomic mass is 127. The van der Waals surface area contributed by atoms with Gasteiger partial charge in [-0.15, -0.1) is 0 Å². The van der Waals surface area contributed by atoms with Crippen molar-refractivity contribution in [2.45, 2.75) is 6.61 Å². The van der Waals surface area contributed by atoms with Crippen LogP contribution in [0.25, 0.3) is 16.8 Å². The number of hydrogen-bond acceptors (Lipinski definition) is 3. The Morgan fingerprint density at radius 1 is 0.903 bits per heavy atom. The number of benzene rings is 4. The highest BCUT2D eigenvalue weighted by molar-refractivity contribution is 14.1. The summed E-state index contributed by atoms with van der Waals surface area (Å²) in [4.78, 5) is 12.7. The zero-order valence-corrected chi connectivity index (χ0v) is 19.2. The molecule has 4 heteroatoms. The second kappa shape index (κ2) is 9.79. The molecule has 0 atom stereocenters. The Morgan fingerprint density at radius 2 is 1.68 bits per heavy atom. The lowest BCUT2D eigenvalue weighted by atomic mass is 10.0. The van der Waals surface area contributed by atoms with Crippen molar-refractivity contribution >= 4 is 45.2 Å². The van der Waals surface area contributed by atoms with Gasteiger partial charge in [-0.1, -0.05) is 48.5 Å². The molecular formula is C27H21IO3. The average Bonchev–Trinajstić information content (AvgIpc) is 2.82. The molecule has 0 saturated carbocycles. The SMILES string of the molecule is COc1ccc(/C=C/C(=O)c2ccc3ccccc3c2)cc1COc1ccc(I)cc1. The minimum Gasteiger partial charge on any atom is -0.496 e. The topological polar surface area (TPSA) is 35.5 Å². The fourth-order valence-electron chi connectivity index (χ4n) is 3.32. The predicted octanol–water partition coefficient (Wildman–Crippen LogP) is 6.93. The molecule has 0 spiro atoms. The standard InChI is InChI=1S/C27H21IO3/c1-30-27-15-7-19(16-23(27)18-31-25-12-10-24(28)11-13-25)6-14-26(29)22-9-8-20-4-2-3-5-21(20)17-22/h2-17H,18H2,1H3/b14-6+. The number of rotatable bonds is 7. The van der Waals surface area contributed by atoms with Gasteiger partial charge in [-0.3, -0.25) is 4.79 Å². The second-order valence-electron chi connectivity index (χ2n) is 7.07. The van der Waals surface area contributed by atoms with Crippen LogP contribution in [0.15, 0.2) is 91.0 Å². The molecule has 0 bridgehead atoms. The van der Waals surface area contributed by atoms with Crippen molar-refractivity contribution in [2.75, 3.05) is 7.11 Å². The van der Waals surface area contributed by atoms with Crippen molar-refractivity contribution in [1.82, 2.24) is 0 Å². The van der Waals surface area contributed by atoms with Gasteiger partial charge in [0.05, 0.1) is 7.11 Å². The van der Waals surface area contributed by atoms with Crippen LogP contribution in [0.3, 0.4) is 0 Å². The maximum atomic E-state index is 12.7. The lowest BCUT2D eigenvalue weighted by Crippen LogP contribution is -1.99. The molecule has 4 aromatic carbocycles. The summed E-state index contributed by atoms with van der Waals surface area (Å²) in [6.07, 6.45) is 3.43. The lowest BCUT2D eigenvalue weighted by molar-refractivity contribution is 0.104. The van der Waals surface area contributed by atoms with E-state index in [-0.39, 0.29) is 5.78 Å². The molecule has 0 heterocycles. The minimum absolute atomic E-state index is 0.0294. The Morgan fingerprint density at radius 3 is 2.45 bits per heavy atom. The quantitative estimate of drug-likeness (QED) is 0.151. The largest absolute Gasteiger partial charge is 0.496 e. The van der Waals surface area contributed by atoms with Crippen molar-refractivity contribution < 1.29 is 14.3 Å². The Bertz CT molecular complexity index is 1240. The van der Waals surface area contributed by atoms with Crippen LogP contribution in [0.2, 0.25) is 0 Å². The zero-order chi connectivity index (χ0) is 21.6. The fraction of sp³-hybridized carbons (Fsp3) is 0.0741. The number of methoxy groups -OCH3 is 1. The molecule has 0 aromatic heterocycles. The van der Waals surface area contributed by atoms with E-state index in [4.69, 9.17) is 9.47 Å². The van der Waals surface area contributed by atoms with Crippen molar-refractivity contribution in [3.8, 4) is 11.5 Å². The zero-order valence-electron chi connectivity index (χ0n) is 17.0. The predicted molar refractivity (Wildman–Crippen MR) is 134 cm³/mol. The Balaban J connectivity index is 1.50. The number of fused-ring (bicyclic) bond motifs is 1. The van der Waals surface area contributed by atoms with Crippen LogP contribution in [-0.4, -0.2) is 12.9 Å². The molecule has 0 amide bonds. The van der Waals surface area contributed by atoms with Crippen LogP contribution in [0.1, 0.15) is 21.5 Å². The van der Waals surface area contributed by atoms with E-state index in [2.05, 4.69) is 22.6 Å². The van der Waals surface area contributed by atoms with E-state index in [1.54, 1.807) is 13.2 Å². The summed E-state index contributed by atoms with van der Waals surface area (Å²) in [5, 5.41) is 2.18. The van der Waals surface area contributed by atoms with Crippen LogP contribution < -0.4 is 9.47 Å². The number of carbonyl (C=O) groups excluding carboxylic acids is 1. The van der Waals surface area contributed by atoms with Crippen LogP contribution in [0.5, 0.6) is 11.5 Å². The fourth-order valence-corrected chi connectivity index (χ4v) is 3.68. The highest BCUT2D eigenvalue weighted by Gasteiger charge is 2.07. The molecule has 31 heavy (non-hydrogen) atoms. The summed E-state index contributed by atoms with van der Waals surface area (Å²) < 4.78 is 12.5. The van der Waals surface area contributed by atoms with Crippen LogP contribution in [0, 0.1) is 3.57 Å². The van der Waals surface area contributed by atoms with Crippen LogP contribution >= 0.6 is 22.6 Å². The average molecular weight is 520 g/mol. The summed E-state index contributed by atoms with van der Waals surface area (Å²) in [5.41, 5.74) is 2.50. The third-order valence-corrected chi connectivity index (χ3v) is 5.69. The lowest BCUT2D eigenvalue weighted by Gasteiger charge is -2.11. The molecule has 4 aromatic rings. The number of hydrogen-bond donors (Lipinski definition) is 0. The first kappa shape index (κ1) is 21.1. The second-order valence-corrected chi connectivity index (χ2v) is 8.32. The van der Waals surface area contributed by atoms with Gasteiger partial charge in [-0.2, -0.15) is 0 Å². The van der Waals surface area contributed by atoms with Crippen LogP contribution in [-0.2, 0) is 6.61 Å². The molecule has 0 saturated heterocycles. The van der Waals surface area contributed by atoms with E-state index < -0.39 is 0 Å². The molecule has 3 nitrogen and oxygen atoms in total. The number of ether oxygens (including phenoxy) is 2. The van der Waals surface area contributed by atoms with E-state index in [0.29, 0.717) is 12.2 Å². The maximum Gasteiger partial charge on any atom is 0.185 e. The van der Waals surface area contributed by atoms with E-state index in [9.17, 15) is 4.79 Å². The van der Waals surface area contributed by atoms with Gasteiger partial charge in [0.1, 0.15) is 18.1 Å². The van der Waals surface area contributed by atoms with Gasteiger partial charge in [-0.05, 0) is 87.5 Å². The number of ketones is 1. The first-order chi connectivity index (χ1) is 15.1. The van der Waals surface area contributed by atoms with Gasteiger partial charge in [0.15, 0.2) is 5.78 Å². The van der Waals surface area contributed by atoms with E-state index >= 15 is 0 Å². The van der Waals surface area contributed by atoms with Gasteiger partial charge >= 0.3 is 0 Å². The Hall–Kier alpha value is -3.12. The first-order valence-electron chi connectivity index (χ1n) is 9.89. The number of carbonyl (C=O) groups is 1. The summed E-state index contributed by atoms with van der Waals surface area (Å²) in [5.74, 6) is 1.52. The van der Waals surface area contributed by atoms with Gasteiger partial charge in [0.25, 0.3) is 0 Å². The summed E-state index contributed by atoms with van der Waals surface area (Å²) in [6, 6.07) is 27.5. The van der Waals surface area contributed by atoms with Crippen molar-refractivity contribution in [1.29, 1.82) is 0 Å². The molecule has 154 valence electrons. The molecule has 4 rings (SSSR count). The normalized spacial score (nSPS) is 11.0. The molecule has 0 aliphatic heterocycles. The van der Waals surface area contributed by atoms with Crippen LogP contribution in [0.4, 0.5) is 0 Å². The monoisotopic (exact) mass is 520 g/mol. The van der Waals surface area contributed by atoms with Gasteiger partial charge in [0.2, 0.25) is 0 Å². The molecule has 0 N–H and O–H groups in total. The summed E-state index contributed by atoms with van der Waals surface area (Å²) in [7, 11) is 1.64. The third kappa shape index (κ3) is 5.33. The smallest absolute Gasteiger partial charge is 0.185 e. The first-order valence-corrected chi connectivity index (χ1v) is 11.0. The van der Waals surface area contributed by atoms with Gasteiger partial charge < -0.3 is 9.47 Å². The minimum atomic E-state index is -0.0294. The Labute approximate surface area is 195 Å². The van der Waals surface area contributed by atoms with E-state index in [0.717, 1.165) is 37.0 Å². The summed E-state index contributed by atoms with van der Waals surface area (Å²) >= 11 is 2.26. The van der Waals surface area contributed by atoms with E-state index in [1.165, 1.54) is 0 Å². The molecule has 0 unspecified atom stereocenters. The van der Waals surface area contributed by atoms with Gasteiger partial charge in [0, 0.05) is 14.7 Å². The number of allylic oxidation sites excluding steroid dienone is 1. The molecule has 0 aliphatic carbocycles. The maximum absolute atomic E-state index is 12.7. The molecule has 0 aliphatic rings. The highest BCUT2D eigenvalue weighted by Crippen LogP contribution is 2.24. The van der Waals surface area contributed by atoms with Gasteiger partial charge in [-0.25, -0.2) is 0 Å². The molecule has 0 radical (unpaired) electrons. The number of halogens is 1. The van der Waals surface area contributed by atoms with E-state index in [1.807, 2.05) is 91.0 Å². The van der Waals surface area contributed by atoms with Crippen molar-refractivity contribution in [3.63, 3.8) is 0 Å². The molecule has 0 fully saturated rings. The summed E-state index contributed by atoms with van der Waals surface area (Å²) in [6.45, 7) is 0.379.